The Morgan fingerprint density at radius 3 is 2.23 bits per heavy atom. The van der Waals surface area contributed by atoms with Gasteiger partial charge in [0.05, 0.1) is 21.9 Å². The zero-order valence-corrected chi connectivity index (χ0v) is 15.2. The maximum absolute atomic E-state index is 12.8. The van der Waals surface area contributed by atoms with Gasteiger partial charge in [-0.1, -0.05) is 35.4 Å². The first-order valence-corrected chi connectivity index (χ1v) is 9.50. The lowest BCUT2D eigenvalue weighted by Gasteiger charge is -2.37. The summed E-state index contributed by atoms with van der Waals surface area (Å²) in [5.41, 5.74) is 0.476. The number of anilines is 1. The van der Waals surface area contributed by atoms with Crippen molar-refractivity contribution in [1.29, 1.82) is 0 Å². The highest BCUT2D eigenvalue weighted by Gasteiger charge is 2.67. The number of benzene rings is 1. The molecule has 1 aliphatic heterocycles. The molecule has 0 unspecified atom stereocenters. The smallest absolute Gasteiger partial charge is 0.244 e. The summed E-state index contributed by atoms with van der Waals surface area (Å²) < 4.78 is 0. The molecule has 1 N–H and O–H groups in total. The molecule has 3 amide bonds. The molecule has 1 aromatic rings. The third-order valence-electron chi connectivity index (χ3n) is 6.26. The molecule has 0 radical (unpaired) electrons. The van der Waals surface area contributed by atoms with E-state index in [0.29, 0.717) is 27.6 Å². The Bertz CT molecular complexity index is 848. The van der Waals surface area contributed by atoms with Crippen LogP contribution in [0.15, 0.2) is 30.4 Å². The molecule has 26 heavy (non-hydrogen) atoms. The van der Waals surface area contributed by atoms with Crippen molar-refractivity contribution in [2.75, 3.05) is 11.9 Å². The number of hydrogen-bond acceptors (Lipinski definition) is 3. The van der Waals surface area contributed by atoms with Crippen molar-refractivity contribution in [3.05, 3.63) is 40.4 Å². The van der Waals surface area contributed by atoms with Gasteiger partial charge in [-0.25, -0.2) is 0 Å². The number of halogens is 2. The Morgan fingerprint density at radius 2 is 1.65 bits per heavy atom. The highest BCUT2D eigenvalue weighted by Crippen LogP contribution is 2.65. The second-order valence-corrected chi connectivity index (χ2v) is 8.41. The van der Waals surface area contributed by atoms with Crippen LogP contribution in [0.3, 0.4) is 0 Å². The number of carbonyl (C=O) groups is 3. The Morgan fingerprint density at radius 1 is 1.04 bits per heavy atom. The van der Waals surface area contributed by atoms with Crippen molar-refractivity contribution in [3.8, 4) is 0 Å². The first-order chi connectivity index (χ1) is 12.5. The van der Waals surface area contributed by atoms with E-state index in [0.717, 1.165) is 11.3 Å². The van der Waals surface area contributed by atoms with Crippen LogP contribution in [0.25, 0.3) is 0 Å². The normalized spacial score (nSPS) is 36.2. The number of carbonyl (C=O) groups excluding carboxylic acids is 3. The van der Waals surface area contributed by atoms with Crippen molar-refractivity contribution in [2.24, 2.45) is 35.5 Å². The zero-order chi connectivity index (χ0) is 18.2. The third-order valence-corrected chi connectivity index (χ3v) is 7.00. The van der Waals surface area contributed by atoms with Crippen LogP contribution in [0.1, 0.15) is 6.42 Å². The standard InChI is InChI=1S/C19H16Cl2N2O3/c20-13-4-1-8(5-14(13)21)22-15(24)7-23-18(25)16-9-2-3-10(12-6-11(9)12)17(16)19(23)26/h1-5,9-12,16-17H,6-7H2,(H,22,24)/t9-,10-,11-,12+,16+,17+/m0/s1. The van der Waals surface area contributed by atoms with Crippen LogP contribution >= 0.6 is 23.2 Å². The fraction of sp³-hybridized carbons (Fsp3) is 0.421. The van der Waals surface area contributed by atoms with Crippen molar-refractivity contribution >= 4 is 46.6 Å². The van der Waals surface area contributed by atoms with Gasteiger partial charge in [-0.15, -0.1) is 0 Å². The van der Waals surface area contributed by atoms with Crippen LogP contribution in [0.5, 0.6) is 0 Å². The number of hydrogen-bond donors (Lipinski definition) is 1. The fourth-order valence-corrected chi connectivity index (χ4v) is 5.39. The van der Waals surface area contributed by atoms with E-state index in [1.54, 1.807) is 12.1 Å². The van der Waals surface area contributed by atoms with Gasteiger partial charge < -0.3 is 5.32 Å². The summed E-state index contributed by atoms with van der Waals surface area (Å²) in [5.74, 6) is 0.0420. The van der Waals surface area contributed by atoms with Crippen LogP contribution in [0.4, 0.5) is 5.69 Å². The van der Waals surface area contributed by atoms with Gasteiger partial charge in [0.1, 0.15) is 6.54 Å². The van der Waals surface area contributed by atoms with E-state index in [1.807, 2.05) is 0 Å². The molecule has 4 aliphatic carbocycles. The number of rotatable bonds is 3. The molecule has 6 rings (SSSR count). The predicted molar refractivity (Wildman–Crippen MR) is 96.5 cm³/mol. The molecule has 2 saturated carbocycles. The van der Waals surface area contributed by atoms with Crippen LogP contribution in [0.2, 0.25) is 10.0 Å². The van der Waals surface area contributed by atoms with Gasteiger partial charge >= 0.3 is 0 Å². The molecular weight excluding hydrogens is 375 g/mol. The third kappa shape index (κ3) is 2.26. The molecule has 0 aromatic heterocycles. The van der Waals surface area contributed by atoms with Gasteiger partial charge in [-0.3, -0.25) is 19.3 Å². The SMILES string of the molecule is O=C(CN1C(=O)[C@@H]2[C@H]3C=C[C@@H]([C@@H]4C[C@H]34)[C@H]2C1=O)Nc1ccc(Cl)c(Cl)c1. The van der Waals surface area contributed by atoms with Crippen LogP contribution in [0, 0.1) is 35.5 Å². The van der Waals surface area contributed by atoms with E-state index in [1.165, 1.54) is 6.07 Å². The minimum Gasteiger partial charge on any atom is -0.324 e. The number of likely N-dealkylation sites (tertiary alicyclic amines) is 1. The molecule has 5 aliphatic rings. The monoisotopic (exact) mass is 390 g/mol. The lowest BCUT2D eigenvalue weighted by atomic mass is 9.63. The fourth-order valence-electron chi connectivity index (χ4n) is 5.09. The minimum absolute atomic E-state index is 0.162. The van der Waals surface area contributed by atoms with Crippen molar-refractivity contribution in [3.63, 3.8) is 0 Å². The van der Waals surface area contributed by atoms with Gasteiger partial charge in [0.2, 0.25) is 17.7 Å². The Hall–Kier alpha value is -1.85. The van der Waals surface area contributed by atoms with Crippen LogP contribution in [-0.4, -0.2) is 29.2 Å². The Labute approximate surface area is 160 Å². The molecule has 7 heteroatoms. The maximum atomic E-state index is 12.8. The number of imide groups is 1. The summed E-state index contributed by atoms with van der Waals surface area (Å²) in [6, 6.07) is 4.74. The summed E-state index contributed by atoms with van der Waals surface area (Å²) in [5, 5.41) is 3.38. The summed E-state index contributed by atoms with van der Waals surface area (Å²) in [6.45, 7) is -0.264. The molecule has 1 heterocycles. The Balaban J connectivity index is 1.32. The van der Waals surface area contributed by atoms with Crippen LogP contribution < -0.4 is 5.32 Å². The highest BCUT2D eigenvalue weighted by molar-refractivity contribution is 6.42. The van der Waals surface area contributed by atoms with Gasteiger partial charge in [0.25, 0.3) is 0 Å². The van der Waals surface area contributed by atoms with Gasteiger partial charge in [-0.2, -0.15) is 0 Å². The van der Waals surface area contributed by atoms with E-state index < -0.39 is 5.91 Å². The van der Waals surface area contributed by atoms with E-state index in [4.69, 9.17) is 23.2 Å². The van der Waals surface area contributed by atoms with Crippen molar-refractivity contribution in [2.45, 2.75) is 6.42 Å². The highest BCUT2D eigenvalue weighted by atomic mass is 35.5. The lowest BCUT2D eigenvalue weighted by Crippen LogP contribution is -2.40. The molecule has 134 valence electrons. The molecule has 0 spiro atoms. The second-order valence-electron chi connectivity index (χ2n) is 7.59. The van der Waals surface area contributed by atoms with Gasteiger partial charge in [-0.05, 0) is 48.3 Å². The molecule has 1 saturated heterocycles. The first-order valence-electron chi connectivity index (χ1n) is 8.74. The molecular formula is C19H16Cl2N2O3. The largest absolute Gasteiger partial charge is 0.324 e. The number of nitrogens with one attached hydrogen (secondary N) is 1. The molecule has 5 nitrogen and oxygen atoms in total. The number of nitrogens with zero attached hydrogens (tertiary/aromatic N) is 1. The average Bonchev–Trinajstić information content (AvgIpc) is 3.39. The molecule has 3 fully saturated rings. The van der Waals surface area contributed by atoms with E-state index in [9.17, 15) is 14.4 Å². The summed E-state index contributed by atoms with van der Waals surface area (Å²) >= 11 is 11.8. The zero-order valence-electron chi connectivity index (χ0n) is 13.7. The topological polar surface area (TPSA) is 66.5 Å². The summed E-state index contributed by atoms with van der Waals surface area (Å²) in [7, 11) is 0. The first kappa shape index (κ1) is 16.3. The van der Waals surface area contributed by atoms with E-state index in [-0.39, 0.29) is 42.0 Å². The van der Waals surface area contributed by atoms with Crippen molar-refractivity contribution in [1.82, 2.24) is 4.90 Å². The van der Waals surface area contributed by atoms with Gasteiger partial charge in [0.15, 0.2) is 0 Å². The van der Waals surface area contributed by atoms with Crippen LogP contribution in [-0.2, 0) is 14.4 Å². The lowest BCUT2D eigenvalue weighted by molar-refractivity contribution is -0.142. The molecule has 6 atom stereocenters. The van der Waals surface area contributed by atoms with E-state index in [2.05, 4.69) is 17.5 Å². The summed E-state index contributed by atoms with van der Waals surface area (Å²) in [6.07, 6.45) is 5.35. The predicted octanol–water partition coefficient (Wildman–Crippen LogP) is 2.99. The minimum atomic E-state index is -0.422. The molecule has 2 bridgehead atoms. The Kier molecular flexibility index (Phi) is 3.50. The second kappa shape index (κ2) is 5.57. The van der Waals surface area contributed by atoms with Crippen molar-refractivity contribution < 1.29 is 14.4 Å². The number of allylic oxidation sites excluding steroid dienone is 2. The van der Waals surface area contributed by atoms with Gasteiger partial charge in [0, 0.05) is 5.69 Å². The maximum Gasteiger partial charge on any atom is 0.244 e. The number of amides is 3. The quantitative estimate of drug-likeness (QED) is 0.637. The average molecular weight is 391 g/mol. The molecule has 1 aromatic carbocycles. The summed E-state index contributed by atoms with van der Waals surface area (Å²) in [4.78, 5) is 39.2. The van der Waals surface area contributed by atoms with E-state index >= 15 is 0 Å².